The molecule has 0 saturated carbocycles. The van der Waals surface area contributed by atoms with Gasteiger partial charge in [0.1, 0.15) is 0 Å². The molecule has 0 aromatic heterocycles. The maximum Gasteiger partial charge on any atom is 0.330 e. The fraction of sp³-hybridized carbons (Fsp3) is 0.333. The first-order valence-corrected chi connectivity index (χ1v) is 2.54. The van der Waals surface area contributed by atoms with Gasteiger partial charge >= 0.3 is 11.9 Å². The Hall–Kier alpha value is -0.801. The van der Waals surface area contributed by atoms with E-state index in [-0.39, 0.29) is 17.1 Å². The van der Waals surface area contributed by atoms with Crippen molar-refractivity contribution in [3.63, 3.8) is 0 Å². The summed E-state index contributed by atoms with van der Waals surface area (Å²) in [6, 6.07) is 0. The van der Waals surface area contributed by atoms with Crippen LogP contribution in [0.25, 0.3) is 0 Å². The Kier molecular flexibility index (Phi) is 8.53. The van der Waals surface area contributed by atoms with Crippen LogP contribution in [0.3, 0.4) is 0 Å². The Morgan fingerprint density at radius 2 is 1.27 bits per heavy atom. The molecule has 0 aliphatic heterocycles. The topological polar surface area (TPSA) is 52.6 Å². The molecule has 0 saturated heterocycles. The molecule has 0 amide bonds. The van der Waals surface area contributed by atoms with Gasteiger partial charge in [-0.25, -0.2) is 9.59 Å². The third kappa shape index (κ3) is 7.09. The van der Waals surface area contributed by atoms with Gasteiger partial charge in [-0.2, -0.15) is 0 Å². The molecule has 0 bridgehead atoms. The van der Waals surface area contributed by atoms with E-state index in [9.17, 15) is 9.59 Å². The average molecular weight is 200 g/mol. The summed E-state index contributed by atoms with van der Waals surface area (Å²) in [5, 5.41) is 0. The van der Waals surface area contributed by atoms with Gasteiger partial charge in [-0.3, -0.25) is 0 Å². The van der Waals surface area contributed by atoms with Crippen LogP contribution in [0.1, 0.15) is 0 Å². The van der Waals surface area contributed by atoms with Crippen molar-refractivity contribution in [1.29, 1.82) is 0 Å². The quantitative estimate of drug-likeness (QED) is 0.354. The van der Waals surface area contributed by atoms with Crippen molar-refractivity contribution in [2.75, 3.05) is 14.2 Å². The predicted octanol–water partition coefficient (Wildman–Crippen LogP) is -0.114. The Morgan fingerprint density at radius 3 is 1.45 bits per heavy atom. The van der Waals surface area contributed by atoms with Crippen LogP contribution in [-0.4, -0.2) is 26.2 Å². The van der Waals surface area contributed by atoms with Gasteiger partial charge in [-0.1, -0.05) is 0 Å². The average Bonchev–Trinajstić information content (AvgIpc) is 1.99. The number of hydrogen-bond acceptors (Lipinski definition) is 4. The zero-order valence-corrected chi connectivity index (χ0v) is 7.25. The monoisotopic (exact) mass is 200 g/mol. The predicted molar refractivity (Wildman–Crippen MR) is 33.2 cm³/mol. The van der Waals surface area contributed by atoms with Gasteiger partial charge in [0.05, 0.1) is 14.2 Å². The number of carbonyl (C=O) groups excluding carboxylic acids is 2. The minimum Gasteiger partial charge on any atom is -0.466 e. The first-order valence-electron chi connectivity index (χ1n) is 2.54. The Morgan fingerprint density at radius 1 is 1.00 bits per heavy atom. The maximum absolute atomic E-state index is 10.3. The molecule has 0 heterocycles. The van der Waals surface area contributed by atoms with Crippen molar-refractivity contribution in [1.82, 2.24) is 0 Å². The van der Waals surface area contributed by atoms with Gasteiger partial charge < -0.3 is 9.47 Å². The van der Waals surface area contributed by atoms with E-state index in [1.807, 2.05) is 0 Å². The van der Waals surface area contributed by atoms with Crippen LogP contribution in [0.15, 0.2) is 12.2 Å². The van der Waals surface area contributed by atoms with E-state index in [4.69, 9.17) is 0 Å². The Bertz CT molecular complexity index is 146. The third-order valence-electron chi connectivity index (χ3n) is 0.758. The molecule has 0 unspecified atom stereocenters. The van der Waals surface area contributed by atoms with Crippen LogP contribution >= 0.6 is 0 Å². The number of carbonyl (C=O) groups is 2. The summed E-state index contributed by atoms with van der Waals surface area (Å²) in [6.45, 7) is 0. The number of ether oxygens (including phenoxy) is 2. The zero-order valence-electron chi connectivity index (χ0n) is 6.14. The number of esters is 2. The second-order valence-electron chi connectivity index (χ2n) is 1.38. The van der Waals surface area contributed by atoms with Gasteiger partial charge in [0.2, 0.25) is 0 Å². The van der Waals surface area contributed by atoms with Crippen LogP contribution in [-0.2, 0) is 36.1 Å². The molecule has 0 aromatic carbocycles. The molecular weight excluding hydrogens is 192 g/mol. The first-order chi connectivity index (χ1) is 4.70. The van der Waals surface area contributed by atoms with E-state index < -0.39 is 11.9 Å². The second kappa shape index (κ2) is 7.31. The summed E-state index contributed by atoms with van der Waals surface area (Å²) >= 11 is 0. The standard InChI is InChI=1S/C6H8O4.Fe/c1-9-5(7)3-4-6(8)10-2;/h3-4H,1-2H3;. The summed E-state index contributed by atoms with van der Waals surface area (Å²) in [5.74, 6) is -1.16. The minimum atomic E-state index is -0.578. The molecule has 0 atom stereocenters. The van der Waals surface area contributed by atoms with Gasteiger partial charge in [0, 0.05) is 29.2 Å². The molecule has 5 heteroatoms. The Labute approximate surface area is 75.0 Å². The molecule has 0 N–H and O–H groups in total. The van der Waals surface area contributed by atoms with Crippen molar-refractivity contribution in [3.8, 4) is 0 Å². The van der Waals surface area contributed by atoms with Crippen LogP contribution in [0.4, 0.5) is 0 Å². The second-order valence-corrected chi connectivity index (χ2v) is 1.38. The Balaban J connectivity index is 0. The van der Waals surface area contributed by atoms with E-state index in [0.717, 1.165) is 12.2 Å². The zero-order chi connectivity index (χ0) is 7.98. The maximum atomic E-state index is 10.3. The van der Waals surface area contributed by atoms with E-state index >= 15 is 0 Å². The summed E-state index contributed by atoms with van der Waals surface area (Å²) < 4.78 is 8.42. The first kappa shape index (κ1) is 12.8. The number of methoxy groups -OCH3 is 2. The van der Waals surface area contributed by atoms with E-state index in [1.165, 1.54) is 14.2 Å². The summed E-state index contributed by atoms with van der Waals surface area (Å²) in [4.78, 5) is 20.6. The largest absolute Gasteiger partial charge is 0.466 e. The smallest absolute Gasteiger partial charge is 0.330 e. The summed E-state index contributed by atoms with van der Waals surface area (Å²) in [7, 11) is 2.45. The third-order valence-corrected chi connectivity index (χ3v) is 0.758. The normalized spacial score (nSPS) is 8.55. The fourth-order valence-corrected chi connectivity index (χ4v) is 0.272. The van der Waals surface area contributed by atoms with Crippen LogP contribution in [0.5, 0.6) is 0 Å². The summed E-state index contributed by atoms with van der Waals surface area (Å²) in [6.07, 6.45) is 1.98. The van der Waals surface area contributed by atoms with Crippen LogP contribution < -0.4 is 0 Å². The number of rotatable bonds is 2. The van der Waals surface area contributed by atoms with Crippen molar-refractivity contribution in [2.24, 2.45) is 0 Å². The fourth-order valence-electron chi connectivity index (χ4n) is 0.272. The molecular formula is C6H8FeO4. The van der Waals surface area contributed by atoms with Crippen LogP contribution in [0, 0.1) is 0 Å². The summed E-state index contributed by atoms with van der Waals surface area (Å²) in [5.41, 5.74) is 0. The molecule has 0 aromatic rings. The van der Waals surface area contributed by atoms with Gasteiger partial charge in [0.25, 0.3) is 0 Å². The van der Waals surface area contributed by atoms with Crippen molar-refractivity contribution < 1.29 is 36.1 Å². The molecule has 0 fully saturated rings. The molecule has 0 spiro atoms. The SMILES string of the molecule is COC(=O)C=CC(=O)OC.[Fe]. The molecule has 0 radical (unpaired) electrons. The minimum absolute atomic E-state index is 0. The molecule has 4 nitrogen and oxygen atoms in total. The van der Waals surface area contributed by atoms with Gasteiger partial charge in [-0.05, 0) is 0 Å². The van der Waals surface area contributed by atoms with E-state index in [0.29, 0.717) is 0 Å². The van der Waals surface area contributed by atoms with Gasteiger partial charge in [0.15, 0.2) is 0 Å². The van der Waals surface area contributed by atoms with Crippen LogP contribution in [0.2, 0.25) is 0 Å². The molecule has 64 valence electrons. The molecule has 0 rings (SSSR count). The molecule has 0 aliphatic rings. The molecule has 0 aliphatic carbocycles. The van der Waals surface area contributed by atoms with Crippen molar-refractivity contribution in [2.45, 2.75) is 0 Å². The van der Waals surface area contributed by atoms with Crippen molar-refractivity contribution in [3.05, 3.63) is 12.2 Å². The van der Waals surface area contributed by atoms with Gasteiger partial charge in [-0.15, -0.1) is 0 Å². The number of hydrogen-bond donors (Lipinski definition) is 0. The van der Waals surface area contributed by atoms with Crippen molar-refractivity contribution >= 4 is 11.9 Å². The van der Waals surface area contributed by atoms with E-state index in [2.05, 4.69) is 9.47 Å². The molecule has 11 heavy (non-hydrogen) atoms. The van der Waals surface area contributed by atoms with E-state index in [1.54, 1.807) is 0 Å².